The van der Waals surface area contributed by atoms with Gasteiger partial charge in [-0.25, -0.2) is 14.2 Å². The molecule has 1 saturated heterocycles. The summed E-state index contributed by atoms with van der Waals surface area (Å²) in [5.41, 5.74) is 3.90. The van der Waals surface area contributed by atoms with Crippen LogP contribution in [0.15, 0.2) is 42.7 Å². The molecule has 0 radical (unpaired) electrons. The molecule has 0 saturated carbocycles. The minimum Gasteiger partial charge on any atom is -0.465 e. The van der Waals surface area contributed by atoms with Crippen LogP contribution in [0.2, 0.25) is 25.7 Å². The number of hydrogen-bond donors (Lipinski definition) is 1. The number of aromatic nitrogens is 7. The third-order valence-electron chi connectivity index (χ3n) is 7.53. The van der Waals surface area contributed by atoms with Crippen LogP contribution in [-0.4, -0.2) is 91.4 Å². The Morgan fingerprint density at radius 3 is 2.65 bits per heavy atom. The number of ether oxygens (including phenoxy) is 1. The van der Waals surface area contributed by atoms with Gasteiger partial charge in [-0.05, 0) is 56.1 Å². The van der Waals surface area contributed by atoms with Gasteiger partial charge in [-0.15, -0.1) is 15.3 Å². The van der Waals surface area contributed by atoms with Gasteiger partial charge in [-0.1, -0.05) is 24.9 Å². The summed E-state index contributed by atoms with van der Waals surface area (Å²) in [6.07, 6.45) is 4.23. The molecule has 5 rings (SSSR count). The van der Waals surface area contributed by atoms with Crippen LogP contribution in [0.1, 0.15) is 19.8 Å². The monoisotopic (exact) mass is 563 g/mol. The van der Waals surface area contributed by atoms with Crippen molar-refractivity contribution in [1.29, 1.82) is 0 Å². The number of carboxylic acid groups (broad SMARTS) is 1. The molecule has 1 aromatic carbocycles. The molecule has 2 unspecified atom stereocenters. The maximum absolute atomic E-state index is 11.5. The average Bonchev–Trinajstić information content (AvgIpc) is 3.60. The summed E-state index contributed by atoms with van der Waals surface area (Å²) < 4.78 is 9.58. The highest BCUT2D eigenvalue weighted by Gasteiger charge is 2.31. The lowest BCUT2D eigenvalue weighted by molar-refractivity contribution is 0.0803. The zero-order valence-electron chi connectivity index (χ0n) is 23.7. The molecule has 4 aromatic rings. The Morgan fingerprint density at radius 1 is 1.18 bits per heavy atom. The Labute approximate surface area is 234 Å². The average molecular weight is 564 g/mol. The van der Waals surface area contributed by atoms with Crippen LogP contribution in [0.4, 0.5) is 10.6 Å². The van der Waals surface area contributed by atoms with Gasteiger partial charge >= 0.3 is 6.09 Å². The number of likely N-dealkylation sites (tertiary alicyclic amines) is 1. The second-order valence-electron chi connectivity index (χ2n) is 11.6. The van der Waals surface area contributed by atoms with Gasteiger partial charge in [0.05, 0.1) is 11.4 Å². The van der Waals surface area contributed by atoms with Crippen LogP contribution >= 0.6 is 0 Å². The lowest BCUT2D eigenvalue weighted by Gasteiger charge is -2.40. The first kappa shape index (κ1) is 27.7. The van der Waals surface area contributed by atoms with E-state index in [1.54, 1.807) is 15.6 Å². The Hall–Kier alpha value is -3.84. The molecule has 1 aliphatic rings. The fourth-order valence-electron chi connectivity index (χ4n) is 5.12. The summed E-state index contributed by atoms with van der Waals surface area (Å²) in [5.74, 6) is 0.746. The fraction of sp³-hybridized carbons (Fsp3) is 0.481. The highest BCUT2D eigenvalue weighted by molar-refractivity contribution is 6.76. The third-order valence-corrected chi connectivity index (χ3v) is 9.24. The second kappa shape index (κ2) is 11.3. The first-order valence-corrected chi connectivity index (χ1v) is 17.3. The first-order valence-electron chi connectivity index (χ1n) is 13.6. The van der Waals surface area contributed by atoms with Crippen molar-refractivity contribution >= 4 is 31.0 Å². The zero-order chi connectivity index (χ0) is 28.4. The van der Waals surface area contributed by atoms with Crippen molar-refractivity contribution in [2.45, 2.75) is 64.3 Å². The minimum atomic E-state index is -1.21. The summed E-state index contributed by atoms with van der Waals surface area (Å²) in [4.78, 5) is 15.1. The van der Waals surface area contributed by atoms with Gasteiger partial charge in [0.25, 0.3) is 0 Å². The van der Waals surface area contributed by atoms with Crippen molar-refractivity contribution in [3.8, 4) is 16.9 Å². The highest BCUT2D eigenvalue weighted by atomic mass is 28.3. The van der Waals surface area contributed by atoms with E-state index in [4.69, 9.17) is 4.74 Å². The van der Waals surface area contributed by atoms with E-state index in [-0.39, 0.29) is 18.8 Å². The van der Waals surface area contributed by atoms with E-state index in [1.807, 2.05) is 50.5 Å². The molecule has 12 nitrogen and oxygen atoms in total. The number of fused-ring (bicyclic) bond motifs is 1. The molecule has 4 heterocycles. The predicted molar refractivity (Wildman–Crippen MR) is 155 cm³/mol. The summed E-state index contributed by atoms with van der Waals surface area (Å²) >= 11 is 0. The molecule has 0 bridgehead atoms. The minimum absolute atomic E-state index is 0.0479. The van der Waals surface area contributed by atoms with Gasteiger partial charge in [-0.2, -0.15) is 5.10 Å². The van der Waals surface area contributed by atoms with Crippen molar-refractivity contribution in [1.82, 2.24) is 39.9 Å². The van der Waals surface area contributed by atoms with Gasteiger partial charge in [0, 0.05) is 58.3 Å². The standard InChI is InChI=1S/C27H37N9O3Si/c1-19-17-20(11-14-34(19)27(37)38)33(2)24-10-8-22(29-30-24)21-7-9-23(35-13-6-12-28-35)25-26(21)36(32-31-25)18-39-15-16-40(3,4)5/h6-10,12-13,19-20H,11,14-18H2,1-5H3,(H,37,38). The maximum Gasteiger partial charge on any atom is 0.407 e. The van der Waals surface area contributed by atoms with Gasteiger partial charge in [-0.3, -0.25) is 0 Å². The molecule has 1 fully saturated rings. The first-order chi connectivity index (χ1) is 19.1. The molecule has 0 spiro atoms. The van der Waals surface area contributed by atoms with Crippen molar-refractivity contribution in [2.75, 3.05) is 25.1 Å². The van der Waals surface area contributed by atoms with E-state index in [2.05, 4.69) is 50.1 Å². The number of anilines is 1. The Balaban J connectivity index is 1.41. The lowest BCUT2D eigenvalue weighted by atomic mass is 9.97. The van der Waals surface area contributed by atoms with Crippen LogP contribution in [0, 0.1) is 0 Å². The van der Waals surface area contributed by atoms with Crippen molar-refractivity contribution in [3.63, 3.8) is 0 Å². The molecule has 1 amide bonds. The maximum atomic E-state index is 11.5. The van der Waals surface area contributed by atoms with E-state index in [0.717, 1.165) is 41.5 Å². The molecule has 2 atom stereocenters. The summed E-state index contributed by atoms with van der Waals surface area (Å²) in [5, 5.41) is 31.9. The Bertz CT molecular complexity index is 1450. The zero-order valence-corrected chi connectivity index (χ0v) is 24.7. The summed E-state index contributed by atoms with van der Waals surface area (Å²) in [6.45, 7) is 10.4. The van der Waals surface area contributed by atoms with Crippen LogP contribution in [-0.2, 0) is 11.5 Å². The number of nitrogens with zero attached hydrogens (tertiary/aromatic N) is 9. The van der Waals surface area contributed by atoms with Crippen molar-refractivity contribution in [2.24, 2.45) is 0 Å². The molecule has 1 N–H and O–H groups in total. The van der Waals surface area contributed by atoms with Crippen LogP contribution in [0.3, 0.4) is 0 Å². The number of amides is 1. The molecular weight excluding hydrogens is 526 g/mol. The SMILES string of the molecule is CC1CC(N(C)c2ccc(-c3ccc(-n4cccn4)c4nnn(COCC[Si](C)(C)C)c34)nn2)CCN1C(=O)O. The van der Waals surface area contributed by atoms with E-state index in [9.17, 15) is 9.90 Å². The summed E-state index contributed by atoms with van der Waals surface area (Å²) in [7, 11) is 0.777. The van der Waals surface area contributed by atoms with Crippen LogP contribution < -0.4 is 4.90 Å². The summed E-state index contributed by atoms with van der Waals surface area (Å²) in [6, 6.07) is 11.0. The molecule has 212 valence electrons. The lowest BCUT2D eigenvalue weighted by Crippen LogP contribution is -2.50. The van der Waals surface area contributed by atoms with E-state index in [1.165, 1.54) is 4.90 Å². The largest absolute Gasteiger partial charge is 0.465 e. The van der Waals surface area contributed by atoms with E-state index in [0.29, 0.717) is 24.4 Å². The molecular formula is C27H37N9O3Si. The Kier molecular flexibility index (Phi) is 7.85. The van der Waals surface area contributed by atoms with Crippen LogP contribution in [0.5, 0.6) is 0 Å². The normalized spacial score (nSPS) is 17.9. The van der Waals surface area contributed by atoms with Gasteiger partial charge in [0.1, 0.15) is 17.8 Å². The van der Waals surface area contributed by atoms with Crippen molar-refractivity contribution < 1.29 is 14.6 Å². The molecule has 0 aliphatic carbocycles. The predicted octanol–water partition coefficient (Wildman–Crippen LogP) is 4.35. The molecule has 1 aliphatic heterocycles. The highest BCUT2D eigenvalue weighted by Crippen LogP contribution is 2.31. The van der Waals surface area contributed by atoms with Gasteiger partial charge < -0.3 is 19.6 Å². The van der Waals surface area contributed by atoms with Gasteiger partial charge in [0.15, 0.2) is 5.82 Å². The smallest absolute Gasteiger partial charge is 0.407 e. The quantitative estimate of drug-likeness (QED) is 0.233. The number of hydrogen-bond acceptors (Lipinski definition) is 8. The van der Waals surface area contributed by atoms with E-state index < -0.39 is 14.2 Å². The van der Waals surface area contributed by atoms with Crippen molar-refractivity contribution in [3.05, 3.63) is 42.7 Å². The number of benzene rings is 1. The molecule has 40 heavy (non-hydrogen) atoms. The number of rotatable bonds is 9. The van der Waals surface area contributed by atoms with Crippen LogP contribution in [0.25, 0.3) is 28.0 Å². The molecule has 3 aromatic heterocycles. The van der Waals surface area contributed by atoms with E-state index >= 15 is 0 Å². The second-order valence-corrected chi connectivity index (χ2v) is 17.2. The molecule has 13 heteroatoms. The fourth-order valence-corrected chi connectivity index (χ4v) is 5.88. The number of carbonyl (C=O) groups is 1. The third kappa shape index (κ3) is 5.84. The van der Waals surface area contributed by atoms with Gasteiger partial charge in [0.2, 0.25) is 0 Å². The Morgan fingerprint density at radius 2 is 2.00 bits per heavy atom. The number of piperidine rings is 1. The topological polar surface area (TPSA) is 127 Å².